The Kier molecular flexibility index (Phi) is 8.06. The first-order chi connectivity index (χ1) is 9.66. The van der Waals surface area contributed by atoms with Gasteiger partial charge in [0.2, 0.25) is 0 Å². The molecule has 0 bridgehead atoms. The number of hydrogen-bond donors (Lipinski definition) is 1. The molecular weight excluding hydrogens is 377 g/mol. The Morgan fingerprint density at radius 1 is 1.24 bits per heavy atom. The van der Waals surface area contributed by atoms with E-state index in [1.807, 2.05) is 11.6 Å². The summed E-state index contributed by atoms with van der Waals surface area (Å²) in [5.74, 6) is 0.722. The van der Waals surface area contributed by atoms with Crippen molar-refractivity contribution in [2.45, 2.75) is 52.5 Å². The zero-order valence-corrected chi connectivity index (χ0v) is 15.5. The minimum atomic E-state index is 0. The first-order valence-electron chi connectivity index (χ1n) is 7.73. The van der Waals surface area contributed by atoms with Gasteiger partial charge in [-0.25, -0.2) is 0 Å². The van der Waals surface area contributed by atoms with Crippen molar-refractivity contribution in [2.75, 3.05) is 19.6 Å². The Morgan fingerprint density at radius 2 is 1.90 bits per heavy atom. The van der Waals surface area contributed by atoms with E-state index in [1.165, 1.54) is 31.4 Å². The average Bonchev–Trinajstić information content (AvgIpc) is 2.64. The van der Waals surface area contributed by atoms with Crippen molar-refractivity contribution in [2.24, 2.45) is 10.7 Å². The highest BCUT2D eigenvalue weighted by Crippen LogP contribution is 2.09. The molecule has 1 aliphatic heterocycles. The maximum atomic E-state index is 6.08. The predicted octanol–water partition coefficient (Wildman–Crippen LogP) is 2.70. The molecule has 120 valence electrons. The number of nitrogens with two attached hydrogens (primary N) is 1. The van der Waals surface area contributed by atoms with E-state index in [-0.39, 0.29) is 24.0 Å². The van der Waals surface area contributed by atoms with Gasteiger partial charge in [0.05, 0.1) is 5.69 Å². The summed E-state index contributed by atoms with van der Waals surface area (Å²) in [6.07, 6.45) is 6.10. The Hall–Kier alpha value is -0.790. The van der Waals surface area contributed by atoms with Crippen molar-refractivity contribution < 1.29 is 0 Å². The number of aromatic nitrogens is 2. The van der Waals surface area contributed by atoms with E-state index in [0.29, 0.717) is 0 Å². The molecule has 2 heterocycles. The standard InChI is InChI=1S/C15H27N5.HI/c1-13-12-14(2)20(18-13)11-7-8-17-15(16)19-9-5-3-4-6-10-19;/h12H,3-11H2,1-2H3,(H2,16,17);1H. The molecule has 1 aliphatic rings. The third kappa shape index (κ3) is 5.84. The van der Waals surface area contributed by atoms with Crippen molar-refractivity contribution in [3.05, 3.63) is 17.5 Å². The highest BCUT2D eigenvalue weighted by molar-refractivity contribution is 14.0. The van der Waals surface area contributed by atoms with Crippen LogP contribution >= 0.6 is 24.0 Å². The van der Waals surface area contributed by atoms with Crippen molar-refractivity contribution in [3.63, 3.8) is 0 Å². The summed E-state index contributed by atoms with van der Waals surface area (Å²) in [4.78, 5) is 6.75. The third-order valence-corrected chi connectivity index (χ3v) is 3.84. The maximum absolute atomic E-state index is 6.08. The van der Waals surface area contributed by atoms with E-state index < -0.39 is 0 Å². The highest BCUT2D eigenvalue weighted by Gasteiger charge is 2.10. The number of aryl methyl sites for hydroxylation is 3. The Balaban J connectivity index is 0.00000220. The molecule has 6 heteroatoms. The average molecular weight is 405 g/mol. The lowest BCUT2D eigenvalue weighted by atomic mass is 10.2. The van der Waals surface area contributed by atoms with Gasteiger partial charge < -0.3 is 10.6 Å². The monoisotopic (exact) mass is 405 g/mol. The Labute approximate surface area is 145 Å². The fraction of sp³-hybridized carbons (Fsp3) is 0.733. The first-order valence-corrected chi connectivity index (χ1v) is 7.73. The van der Waals surface area contributed by atoms with Crippen LogP contribution in [0, 0.1) is 13.8 Å². The summed E-state index contributed by atoms with van der Waals surface area (Å²) in [5.41, 5.74) is 8.38. The van der Waals surface area contributed by atoms with Crippen molar-refractivity contribution in [1.29, 1.82) is 0 Å². The molecule has 0 radical (unpaired) electrons. The second-order valence-electron chi connectivity index (χ2n) is 5.64. The van der Waals surface area contributed by atoms with Crippen LogP contribution in [-0.2, 0) is 6.54 Å². The number of guanidine groups is 1. The molecule has 1 saturated heterocycles. The molecule has 2 N–H and O–H groups in total. The zero-order valence-electron chi connectivity index (χ0n) is 13.2. The smallest absolute Gasteiger partial charge is 0.191 e. The largest absolute Gasteiger partial charge is 0.370 e. The molecule has 1 fully saturated rings. The van der Waals surface area contributed by atoms with Gasteiger partial charge >= 0.3 is 0 Å². The summed E-state index contributed by atoms with van der Waals surface area (Å²) < 4.78 is 2.05. The van der Waals surface area contributed by atoms with E-state index in [9.17, 15) is 0 Å². The molecule has 0 aliphatic carbocycles. The number of aliphatic imine (C=N–C) groups is 1. The quantitative estimate of drug-likeness (QED) is 0.363. The van der Waals surface area contributed by atoms with Crippen LogP contribution in [-0.4, -0.2) is 40.3 Å². The van der Waals surface area contributed by atoms with Gasteiger partial charge in [0, 0.05) is 31.9 Å². The van der Waals surface area contributed by atoms with E-state index >= 15 is 0 Å². The molecular formula is C15H28IN5. The summed E-state index contributed by atoms with van der Waals surface area (Å²) in [6, 6.07) is 2.11. The molecule has 1 aromatic heterocycles. The molecule has 21 heavy (non-hydrogen) atoms. The summed E-state index contributed by atoms with van der Waals surface area (Å²) in [6.45, 7) is 7.94. The number of hydrogen-bond acceptors (Lipinski definition) is 2. The van der Waals surface area contributed by atoms with Crippen LogP contribution in [0.1, 0.15) is 43.5 Å². The van der Waals surface area contributed by atoms with Crippen molar-refractivity contribution >= 4 is 29.9 Å². The first kappa shape index (κ1) is 18.3. The third-order valence-electron chi connectivity index (χ3n) is 3.84. The van der Waals surface area contributed by atoms with E-state index in [2.05, 4.69) is 28.0 Å². The Bertz CT molecular complexity index is 447. The minimum Gasteiger partial charge on any atom is -0.370 e. The topological polar surface area (TPSA) is 59.4 Å². The van der Waals surface area contributed by atoms with Gasteiger partial charge in [-0.2, -0.15) is 5.10 Å². The zero-order chi connectivity index (χ0) is 14.4. The second-order valence-corrected chi connectivity index (χ2v) is 5.64. The molecule has 2 rings (SSSR count). The van der Waals surface area contributed by atoms with Gasteiger partial charge in [0.25, 0.3) is 0 Å². The number of nitrogens with zero attached hydrogens (tertiary/aromatic N) is 4. The van der Waals surface area contributed by atoms with Gasteiger partial charge in [0.15, 0.2) is 5.96 Å². The van der Waals surface area contributed by atoms with Crippen LogP contribution in [0.3, 0.4) is 0 Å². The lowest BCUT2D eigenvalue weighted by Crippen LogP contribution is -2.38. The molecule has 0 unspecified atom stereocenters. The van der Waals surface area contributed by atoms with Gasteiger partial charge in [-0.3, -0.25) is 9.67 Å². The van der Waals surface area contributed by atoms with Crippen LogP contribution in [0.2, 0.25) is 0 Å². The van der Waals surface area contributed by atoms with Crippen LogP contribution < -0.4 is 5.73 Å². The predicted molar refractivity (Wildman–Crippen MR) is 98.3 cm³/mol. The highest BCUT2D eigenvalue weighted by atomic mass is 127. The molecule has 1 aromatic rings. The molecule has 0 aromatic carbocycles. The SMILES string of the molecule is Cc1cc(C)n(CCCN=C(N)N2CCCCCC2)n1.I. The van der Waals surface area contributed by atoms with E-state index in [4.69, 9.17) is 5.73 Å². The number of halogens is 1. The lowest BCUT2D eigenvalue weighted by molar-refractivity contribution is 0.427. The summed E-state index contributed by atoms with van der Waals surface area (Å²) in [7, 11) is 0. The second kappa shape index (κ2) is 9.27. The lowest BCUT2D eigenvalue weighted by Gasteiger charge is -2.21. The maximum Gasteiger partial charge on any atom is 0.191 e. The Morgan fingerprint density at radius 3 is 2.48 bits per heavy atom. The van der Waals surface area contributed by atoms with Crippen molar-refractivity contribution in [3.8, 4) is 0 Å². The normalized spacial score (nSPS) is 16.5. The molecule has 5 nitrogen and oxygen atoms in total. The summed E-state index contributed by atoms with van der Waals surface area (Å²) >= 11 is 0. The van der Waals surface area contributed by atoms with Gasteiger partial charge in [0.1, 0.15) is 0 Å². The van der Waals surface area contributed by atoms with E-state index in [0.717, 1.165) is 44.3 Å². The fourth-order valence-electron chi connectivity index (χ4n) is 2.72. The van der Waals surface area contributed by atoms with Gasteiger partial charge in [-0.15, -0.1) is 24.0 Å². The molecule has 0 spiro atoms. The molecule has 0 atom stereocenters. The van der Waals surface area contributed by atoms with E-state index in [1.54, 1.807) is 0 Å². The van der Waals surface area contributed by atoms with Gasteiger partial charge in [-0.1, -0.05) is 12.8 Å². The van der Waals surface area contributed by atoms with Crippen molar-refractivity contribution in [1.82, 2.24) is 14.7 Å². The molecule has 0 amide bonds. The van der Waals surface area contributed by atoms with Crippen LogP contribution in [0.15, 0.2) is 11.1 Å². The number of rotatable bonds is 4. The molecule has 0 saturated carbocycles. The van der Waals surface area contributed by atoms with Crippen LogP contribution in [0.4, 0.5) is 0 Å². The minimum absolute atomic E-state index is 0. The van der Waals surface area contributed by atoms with Gasteiger partial charge in [-0.05, 0) is 39.2 Å². The summed E-state index contributed by atoms with van der Waals surface area (Å²) in [5, 5.41) is 4.46. The van der Waals surface area contributed by atoms with Crippen LogP contribution in [0.25, 0.3) is 0 Å². The fourth-order valence-corrected chi connectivity index (χ4v) is 2.72. The van der Waals surface area contributed by atoms with Crippen LogP contribution in [0.5, 0.6) is 0 Å². The number of likely N-dealkylation sites (tertiary alicyclic amines) is 1.